The van der Waals surface area contributed by atoms with Crippen LogP contribution in [0.3, 0.4) is 0 Å². The first-order chi connectivity index (χ1) is 7.17. The highest BCUT2D eigenvalue weighted by molar-refractivity contribution is 6.30. The predicted octanol–water partition coefficient (Wildman–Crippen LogP) is 2.84. The fourth-order valence-corrected chi connectivity index (χ4v) is 1.77. The van der Waals surface area contributed by atoms with E-state index in [1.165, 1.54) is 0 Å². The minimum atomic E-state index is 0.0960. The van der Waals surface area contributed by atoms with Crippen molar-refractivity contribution < 1.29 is 9.84 Å². The third kappa shape index (κ3) is 3.82. The number of rotatable bonds is 5. The molecule has 0 radical (unpaired) electrons. The lowest BCUT2D eigenvalue weighted by atomic mass is 9.94. The van der Waals surface area contributed by atoms with E-state index in [9.17, 15) is 5.11 Å². The van der Waals surface area contributed by atoms with Crippen molar-refractivity contribution in [1.82, 2.24) is 0 Å². The van der Waals surface area contributed by atoms with E-state index in [4.69, 9.17) is 16.3 Å². The fraction of sp³-hybridized carbons (Fsp3) is 0.500. The average molecular weight is 229 g/mol. The van der Waals surface area contributed by atoms with Crippen molar-refractivity contribution in [2.24, 2.45) is 0 Å². The summed E-state index contributed by atoms with van der Waals surface area (Å²) in [7, 11) is 1.68. The van der Waals surface area contributed by atoms with Crippen LogP contribution in [0.5, 0.6) is 0 Å². The van der Waals surface area contributed by atoms with Gasteiger partial charge in [0.25, 0.3) is 0 Å². The van der Waals surface area contributed by atoms with Gasteiger partial charge in [0.05, 0.1) is 12.7 Å². The average Bonchev–Trinajstić information content (AvgIpc) is 2.25. The molecular weight excluding hydrogens is 212 g/mol. The Morgan fingerprint density at radius 3 is 2.73 bits per heavy atom. The number of ether oxygens (including phenoxy) is 1. The number of methoxy groups -OCH3 is 1. The minimum absolute atomic E-state index is 0.0960. The first-order valence-electron chi connectivity index (χ1n) is 5.06. The van der Waals surface area contributed by atoms with E-state index in [0.717, 1.165) is 12.0 Å². The lowest BCUT2D eigenvalue weighted by molar-refractivity contribution is 0.0950. The molecule has 1 rings (SSSR count). The maximum absolute atomic E-state index is 9.32. The van der Waals surface area contributed by atoms with Crippen LogP contribution < -0.4 is 0 Å². The van der Waals surface area contributed by atoms with Gasteiger partial charge >= 0.3 is 0 Å². The largest absolute Gasteiger partial charge is 0.396 e. The van der Waals surface area contributed by atoms with Crippen molar-refractivity contribution in [3.8, 4) is 0 Å². The van der Waals surface area contributed by atoms with Crippen molar-refractivity contribution >= 4 is 11.6 Å². The normalized spacial score (nSPS) is 14.9. The smallest absolute Gasteiger partial charge is 0.0549 e. The second-order valence-corrected chi connectivity index (χ2v) is 4.15. The molecule has 0 bridgehead atoms. The molecule has 84 valence electrons. The Bertz CT molecular complexity index is 301. The van der Waals surface area contributed by atoms with Gasteiger partial charge < -0.3 is 9.84 Å². The molecule has 0 aliphatic rings. The Morgan fingerprint density at radius 1 is 1.47 bits per heavy atom. The number of aliphatic hydroxyl groups excluding tert-OH is 1. The molecule has 1 N–H and O–H groups in total. The van der Waals surface area contributed by atoms with Crippen molar-refractivity contribution in [2.75, 3.05) is 13.7 Å². The first-order valence-corrected chi connectivity index (χ1v) is 5.44. The molecule has 1 aromatic rings. The molecule has 2 nitrogen and oxygen atoms in total. The van der Waals surface area contributed by atoms with Crippen LogP contribution in [0.25, 0.3) is 0 Å². The Morgan fingerprint density at radius 2 is 2.20 bits per heavy atom. The van der Waals surface area contributed by atoms with Crippen molar-refractivity contribution in [3.63, 3.8) is 0 Å². The van der Waals surface area contributed by atoms with Gasteiger partial charge in [-0.15, -0.1) is 0 Å². The first kappa shape index (κ1) is 12.5. The lowest BCUT2D eigenvalue weighted by Crippen LogP contribution is -2.14. The van der Waals surface area contributed by atoms with E-state index in [2.05, 4.69) is 0 Å². The summed E-state index contributed by atoms with van der Waals surface area (Å²) in [6, 6.07) is 7.61. The lowest BCUT2D eigenvalue weighted by Gasteiger charge is -2.18. The van der Waals surface area contributed by atoms with Gasteiger partial charge in [0.1, 0.15) is 0 Å². The molecule has 0 fully saturated rings. The number of benzene rings is 1. The quantitative estimate of drug-likeness (QED) is 0.840. The zero-order valence-corrected chi connectivity index (χ0v) is 9.87. The van der Waals surface area contributed by atoms with Gasteiger partial charge in [-0.05, 0) is 31.0 Å². The Hall–Kier alpha value is -0.570. The molecule has 15 heavy (non-hydrogen) atoms. The predicted molar refractivity (Wildman–Crippen MR) is 62.4 cm³/mol. The van der Waals surface area contributed by atoms with Crippen LogP contribution in [0, 0.1) is 0 Å². The van der Waals surface area contributed by atoms with Gasteiger partial charge in [0.2, 0.25) is 0 Å². The highest BCUT2D eigenvalue weighted by Crippen LogP contribution is 2.24. The molecule has 0 spiro atoms. The van der Waals surface area contributed by atoms with Gasteiger partial charge in [0.15, 0.2) is 0 Å². The van der Waals surface area contributed by atoms with Gasteiger partial charge in [-0.1, -0.05) is 23.7 Å². The Labute approximate surface area is 95.8 Å². The van der Waals surface area contributed by atoms with Crippen LogP contribution in [-0.4, -0.2) is 24.9 Å². The molecule has 0 amide bonds. The van der Waals surface area contributed by atoms with Crippen LogP contribution in [0.4, 0.5) is 0 Å². The van der Waals surface area contributed by atoms with Gasteiger partial charge in [-0.2, -0.15) is 0 Å². The van der Waals surface area contributed by atoms with Crippen LogP contribution in [0.2, 0.25) is 5.02 Å². The molecular formula is C12H17ClO2. The molecule has 0 aliphatic carbocycles. The van der Waals surface area contributed by atoms with Crippen molar-refractivity contribution in [1.29, 1.82) is 0 Å². The monoisotopic (exact) mass is 228 g/mol. The standard InChI is InChI=1S/C12H17ClO2/c1-9(15-2)6-11(8-14)10-4-3-5-12(13)7-10/h3-5,7,9,11,14H,6,8H2,1-2H3. The van der Waals surface area contributed by atoms with Crippen LogP contribution in [0.15, 0.2) is 24.3 Å². The fourth-order valence-electron chi connectivity index (χ4n) is 1.57. The summed E-state index contributed by atoms with van der Waals surface area (Å²) < 4.78 is 5.19. The van der Waals surface area contributed by atoms with Gasteiger partial charge in [0, 0.05) is 18.1 Å². The van der Waals surface area contributed by atoms with E-state index in [1.54, 1.807) is 7.11 Å². The van der Waals surface area contributed by atoms with E-state index < -0.39 is 0 Å². The van der Waals surface area contributed by atoms with Gasteiger partial charge in [-0.3, -0.25) is 0 Å². The molecule has 1 aromatic carbocycles. The molecule has 2 atom stereocenters. The summed E-state index contributed by atoms with van der Waals surface area (Å²) in [5, 5.41) is 10.0. The van der Waals surface area contributed by atoms with E-state index >= 15 is 0 Å². The number of hydrogen-bond donors (Lipinski definition) is 1. The van der Waals surface area contributed by atoms with Crippen LogP contribution >= 0.6 is 11.6 Å². The summed E-state index contributed by atoms with van der Waals surface area (Å²) in [5.74, 6) is 0.0960. The Balaban J connectivity index is 2.73. The molecule has 0 saturated heterocycles. The number of aliphatic hydroxyl groups is 1. The third-order valence-electron chi connectivity index (χ3n) is 2.56. The molecule has 2 unspecified atom stereocenters. The van der Waals surface area contributed by atoms with Crippen molar-refractivity contribution in [2.45, 2.75) is 25.4 Å². The second-order valence-electron chi connectivity index (χ2n) is 3.72. The van der Waals surface area contributed by atoms with Crippen LogP contribution in [-0.2, 0) is 4.74 Å². The summed E-state index contributed by atoms with van der Waals surface area (Å²) in [5.41, 5.74) is 1.06. The molecule has 0 aliphatic heterocycles. The summed E-state index contributed by atoms with van der Waals surface area (Å²) in [4.78, 5) is 0. The molecule has 0 aromatic heterocycles. The zero-order valence-electron chi connectivity index (χ0n) is 9.11. The van der Waals surface area contributed by atoms with E-state index in [1.807, 2.05) is 31.2 Å². The summed E-state index contributed by atoms with van der Waals surface area (Å²) in [6.45, 7) is 2.11. The third-order valence-corrected chi connectivity index (χ3v) is 2.79. The molecule has 3 heteroatoms. The second kappa shape index (κ2) is 6.11. The van der Waals surface area contributed by atoms with Crippen molar-refractivity contribution in [3.05, 3.63) is 34.9 Å². The molecule has 0 saturated carbocycles. The maximum Gasteiger partial charge on any atom is 0.0549 e. The number of halogens is 1. The number of hydrogen-bond acceptors (Lipinski definition) is 2. The highest BCUT2D eigenvalue weighted by Gasteiger charge is 2.14. The zero-order chi connectivity index (χ0) is 11.3. The van der Waals surface area contributed by atoms with Gasteiger partial charge in [-0.25, -0.2) is 0 Å². The van der Waals surface area contributed by atoms with Crippen LogP contribution in [0.1, 0.15) is 24.8 Å². The van der Waals surface area contributed by atoms with E-state index in [-0.39, 0.29) is 18.6 Å². The summed E-state index contributed by atoms with van der Waals surface area (Å²) in [6.07, 6.45) is 0.939. The highest BCUT2D eigenvalue weighted by atomic mass is 35.5. The van der Waals surface area contributed by atoms with E-state index in [0.29, 0.717) is 5.02 Å². The summed E-state index contributed by atoms with van der Waals surface area (Å²) >= 11 is 5.90. The minimum Gasteiger partial charge on any atom is -0.396 e. The molecule has 0 heterocycles. The maximum atomic E-state index is 9.32. The SMILES string of the molecule is COC(C)CC(CO)c1cccc(Cl)c1. The topological polar surface area (TPSA) is 29.5 Å². The Kier molecular flexibility index (Phi) is 5.09.